The van der Waals surface area contributed by atoms with Crippen LogP contribution in [-0.2, 0) is 24.2 Å². The maximum atomic E-state index is 13.3. The van der Waals surface area contributed by atoms with Crippen molar-refractivity contribution < 1.29 is 23.8 Å². The molecular weight excluding hydrogens is 464 g/mol. The van der Waals surface area contributed by atoms with Crippen LogP contribution < -0.4 is 10.1 Å². The van der Waals surface area contributed by atoms with E-state index in [0.29, 0.717) is 34.5 Å². The molecule has 0 radical (unpaired) electrons. The lowest BCUT2D eigenvalue weighted by molar-refractivity contribution is -0.139. The number of carboxylic acid groups (broad SMARTS) is 1. The van der Waals surface area contributed by atoms with Crippen molar-refractivity contribution in [3.63, 3.8) is 0 Å². The molecule has 0 fully saturated rings. The highest BCUT2D eigenvalue weighted by Crippen LogP contribution is 2.45. The first-order valence-corrected chi connectivity index (χ1v) is 12.5. The number of furan rings is 1. The second kappa shape index (κ2) is 10.5. The number of thiophene rings is 1. The van der Waals surface area contributed by atoms with E-state index in [1.807, 2.05) is 6.07 Å². The standard InChI is InChI=1S/C27H30N2O5S/c1-27(2,3)18-8-11-21-22(13-18)35-26(24(21)25(32)28-15-20-5-4-12-33-20)29-14-17-6-9-19(10-7-17)34-16-23(30)31/h4-7,9-10,12,14,18H,8,11,13,15-16H2,1-3H3,(H,28,32)(H,30,31)/t18-/m0/s1. The van der Waals surface area contributed by atoms with Crippen molar-refractivity contribution >= 4 is 34.4 Å². The molecule has 2 aromatic heterocycles. The quantitative estimate of drug-likeness (QED) is 0.395. The molecule has 1 aliphatic rings. The summed E-state index contributed by atoms with van der Waals surface area (Å²) in [5.41, 5.74) is 2.80. The van der Waals surface area contributed by atoms with Gasteiger partial charge in [0.1, 0.15) is 16.5 Å². The Labute approximate surface area is 208 Å². The predicted molar refractivity (Wildman–Crippen MR) is 136 cm³/mol. The maximum Gasteiger partial charge on any atom is 0.341 e. The summed E-state index contributed by atoms with van der Waals surface area (Å²) in [7, 11) is 0. The van der Waals surface area contributed by atoms with Crippen molar-refractivity contribution in [3.05, 3.63) is 70.0 Å². The van der Waals surface area contributed by atoms with Crippen LogP contribution in [0.15, 0.2) is 52.1 Å². The molecule has 0 saturated carbocycles. The van der Waals surface area contributed by atoms with Gasteiger partial charge in [-0.2, -0.15) is 0 Å². The SMILES string of the molecule is CC(C)(C)[C@H]1CCc2c(sc(N=Cc3ccc(OCC(=O)O)cc3)c2C(=O)NCc2ccco2)C1. The van der Waals surface area contributed by atoms with Crippen LogP contribution in [0.2, 0.25) is 0 Å². The van der Waals surface area contributed by atoms with E-state index in [0.717, 1.165) is 30.4 Å². The molecule has 1 aromatic carbocycles. The van der Waals surface area contributed by atoms with Gasteiger partial charge in [-0.05, 0) is 78.1 Å². The Kier molecular flexibility index (Phi) is 7.40. The summed E-state index contributed by atoms with van der Waals surface area (Å²) in [5, 5.41) is 12.4. The van der Waals surface area contributed by atoms with Crippen LogP contribution in [0.3, 0.4) is 0 Å². The van der Waals surface area contributed by atoms with Gasteiger partial charge in [0, 0.05) is 11.1 Å². The smallest absolute Gasteiger partial charge is 0.341 e. The summed E-state index contributed by atoms with van der Waals surface area (Å²) in [6.45, 7) is 6.75. The van der Waals surface area contributed by atoms with Crippen LogP contribution in [-0.4, -0.2) is 29.8 Å². The van der Waals surface area contributed by atoms with Gasteiger partial charge < -0.3 is 19.6 Å². The number of benzene rings is 1. The number of ether oxygens (including phenoxy) is 1. The van der Waals surface area contributed by atoms with Gasteiger partial charge in [0.05, 0.1) is 18.4 Å². The fourth-order valence-corrected chi connectivity index (χ4v) is 5.50. The molecule has 0 bridgehead atoms. The first-order valence-electron chi connectivity index (χ1n) is 11.6. The Bertz CT molecular complexity index is 1200. The van der Waals surface area contributed by atoms with Crippen molar-refractivity contribution in [3.8, 4) is 5.75 Å². The number of amides is 1. The largest absolute Gasteiger partial charge is 0.482 e. The van der Waals surface area contributed by atoms with E-state index in [1.165, 1.54) is 4.88 Å². The lowest BCUT2D eigenvalue weighted by atomic mass is 9.72. The van der Waals surface area contributed by atoms with Crippen molar-refractivity contribution in [1.82, 2.24) is 5.32 Å². The molecule has 2 N–H and O–H groups in total. The molecular formula is C27H30N2O5S. The van der Waals surface area contributed by atoms with Crippen molar-refractivity contribution in [2.45, 2.75) is 46.6 Å². The summed E-state index contributed by atoms with van der Waals surface area (Å²) >= 11 is 1.60. The van der Waals surface area contributed by atoms with Gasteiger partial charge in [-0.1, -0.05) is 20.8 Å². The minimum Gasteiger partial charge on any atom is -0.482 e. The van der Waals surface area contributed by atoms with Gasteiger partial charge in [0.25, 0.3) is 5.91 Å². The molecule has 1 aliphatic carbocycles. The highest BCUT2D eigenvalue weighted by Gasteiger charge is 2.33. The third kappa shape index (κ3) is 6.19. The van der Waals surface area contributed by atoms with Crippen LogP contribution in [0.25, 0.3) is 0 Å². The third-order valence-electron chi connectivity index (χ3n) is 6.28. The summed E-state index contributed by atoms with van der Waals surface area (Å²) < 4.78 is 10.5. The second-order valence-electron chi connectivity index (χ2n) is 9.76. The summed E-state index contributed by atoms with van der Waals surface area (Å²) in [6.07, 6.45) is 6.18. The molecule has 8 heteroatoms. The topological polar surface area (TPSA) is 101 Å². The molecule has 184 valence electrons. The number of nitrogens with zero attached hydrogens (tertiary/aromatic N) is 1. The first-order chi connectivity index (χ1) is 16.7. The average Bonchev–Trinajstić information content (AvgIpc) is 3.47. The molecule has 1 amide bonds. The molecule has 4 rings (SSSR count). The molecule has 0 saturated heterocycles. The van der Waals surface area contributed by atoms with Gasteiger partial charge in [0.2, 0.25) is 0 Å². The Morgan fingerprint density at radius 1 is 1.26 bits per heavy atom. The third-order valence-corrected chi connectivity index (χ3v) is 7.44. The zero-order valence-electron chi connectivity index (χ0n) is 20.2. The zero-order chi connectivity index (χ0) is 25.0. The van der Waals surface area contributed by atoms with E-state index in [1.54, 1.807) is 54.1 Å². The Morgan fingerprint density at radius 3 is 2.69 bits per heavy atom. The molecule has 1 atom stereocenters. The summed E-state index contributed by atoms with van der Waals surface area (Å²) in [4.78, 5) is 29.9. The van der Waals surface area contributed by atoms with Crippen LogP contribution in [0, 0.1) is 11.3 Å². The fraction of sp³-hybridized carbons (Fsp3) is 0.370. The Balaban J connectivity index is 1.58. The molecule has 0 unspecified atom stereocenters. The van der Waals surface area contributed by atoms with E-state index in [9.17, 15) is 9.59 Å². The number of aliphatic imine (C=N–C) groups is 1. The highest BCUT2D eigenvalue weighted by atomic mass is 32.1. The van der Waals surface area contributed by atoms with E-state index in [2.05, 4.69) is 26.1 Å². The lowest BCUT2D eigenvalue weighted by Crippen LogP contribution is -2.28. The molecule has 3 aromatic rings. The molecule has 2 heterocycles. The number of hydrogen-bond acceptors (Lipinski definition) is 6. The number of nitrogens with one attached hydrogen (secondary N) is 1. The van der Waals surface area contributed by atoms with Crippen molar-refractivity contribution in [1.29, 1.82) is 0 Å². The second-order valence-corrected chi connectivity index (χ2v) is 10.8. The predicted octanol–water partition coefficient (Wildman–Crippen LogP) is 5.64. The molecule has 35 heavy (non-hydrogen) atoms. The van der Waals surface area contributed by atoms with E-state index in [-0.39, 0.29) is 17.9 Å². The molecule has 0 spiro atoms. The molecule has 7 nitrogen and oxygen atoms in total. The minimum absolute atomic E-state index is 0.141. The maximum absolute atomic E-state index is 13.3. The molecule has 0 aliphatic heterocycles. The minimum atomic E-state index is -1.02. The van der Waals surface area contributed by atoms with Crippen LogP contribution in [0.5, 0.6) is 5.75 Å². The average molecular weight is 495 g/mol. The number of rotatable bonds is 8. The van der Waals surface area contributed by atoms with Gasteiger partial charge >= 0.3 is 5.97 Å². The zero-order valence-corrected chi connectivity index (χ0v) is 21.0. The number of aliphatic carboxylic acids is 1. The van der Waals surface area contributed by atoms with Crippen LogP contribution in [0.1, 0.15) is 59.3 Å². The first kappa shape index (κ1) is 24.7. The summed E-state index contributed by atoms with van der Waals surface area (Å²) in [6, 6.07) is 10.7. The number of fused-ring (bicyclic) bond motifs is 1. The van der Waals surface area contributed by atoms with Crippen LogP contribution >= 0.6 is 11.3 Å². The van der Waals surface area contributed by atoms with Crippen molar-refractivity contribution in [2.24, 2.45) is 16.3 Å². The fourth-order valence-electron chi connectivity index (χ4n) is 4.23. The van der Waals surface area contributed by atoms with E-state index in [4.69, 9.17) is 19.3 Å². The summed E-state index contributed by atoms with van der Waals surface area (Å²) in [5.74, 6) is 0.567. The monoisotopic (exact) mass is 494 g/mol. The van der Waals surface area contributed by atoms with Gasteiger partial charge in [-0.15, -0.1) is 11.3 Å². The number of carbonyl (C=O) groups is 2. The van der Waals surface area contributed by atoms with Gasteiger partial charge in [-0.25, -0.2) is 9.79 Å². The highest BCUT2D eigenvalue weighted by molar-refractivity contribution is 7.16. The van der Waals surface area contributed by atoms with Gasteiger partial charge in [0.15, 0.2) is 6.61 Å². The normalized spacial score (nSPS) is 15.7. The van der Waals surface area contributed by atoms with Crippen molar-refractivity contribution in [2.75, 3.05) is 6.61 Å². The number of carboxylic acids is 1. The number of hydrogen-bond donors (Lipinski definition) is 2. The lowest BCUT2D eigenvalue weighted by Gasteiger charge is -2.33. The van der Waals surface area contributed by atoms with Crippen LogP contribution in [0.4, 0.5) is 5.00 Å². The Hall–Kier alpha value is -3.39. The van der Waals surface area contributed by atoms with Gasteiger partial charge in [-0.3, -0.25) is 4.79 Å². The van der Waals surface area contributed by atoms with E-state index < -0.39 is 5.97 Å². The number of carbonyl (C=O) groups excluding carboxylic acids is 1. The van der Waals surface area contributed by atoms with E-state index >= 15 is 0 Å². The Morgan fingerprint density at radius 2 is 2.03 bits per heavy atom.